The molecule has 0 radical (unpaired) electrons. The average Bonchev–Trinajstić information content (AvgIpc) is 3.47. The Morgan fingerprint density at radius 2 is 1.09 bits per heavy atom. The van der Waals surface area contributed by atoms with E-state index in [1.807, 2.05) is 91.0 Å². The van der Waals surface area contributed by atoms with Crippen LogP contribution in [0.25, 0.3) is 0 Å². The molecule has 0 saturated carbocycles. The first-order valence-corrected chi connectivity index (χ1v) is 12.4. The fraction of sp³-hybridized carbons (Fsp3) is 0.235. The summed E-state index contributed by atoms with van der Waals surface area (Å²) in [5.74, 6) is 1.60. The predicted octanol–water partition coefficient (Wildman–Crippen LogP) is 9.69. The van der Waals surface area contributed by atoms with Crippen LogP contribution >= 0.6 is 0 Å². The van der Waals surface area contributed by atoms with Gasteiger partial charge in [0.25, 0.3) is 0 Å². The van der Waals surface area contributed by atoms with E-state index in [0.29, 0.717) is 0 Å². The molecule has 0 aromatic heterocycles. The first-order chi connectivity index (χ1) is 16.6. The first-order valence-electron chi connectivity index (χ1n) is 12.4. The molecule has 0 nitrogen and oxygen atoms in total. The number of benzene rings is 3. The Morgan fingerprint density at radius 3 is 1.37 bits per heavy atom. The topological polar surface area (TPSA) is 0 Å². The monoisotopic (exact) mass is 540 g/mol. The van der Waals surface area contributed by atoms with Gasteiger partial charge in [-0.1, -0.05) is 65.2 Å². The second kappa shape index (κ2) is 20.8. The van der Waals surface area contributed by atoms with E-state index in [2.05, 4.69) is 59.7 Å². The van der Waals surface area contributed by atoms with E-state index in [9.17, 15) is 0 Å². The van der Waals surface area contributed by atoms with Gasteiger partial charge >= 0.3 is 26.2 Å². The van der Waals surface area contributed by atoms with Crippen molar-refractivity contribution < 1.29 is 26.2 Å². The van der Waals surface area contributed by atoms with Crippen LogP contribution < -0.4 is 0 Å². The largest absolute Gasteiger partial charge is 4.00 e. The SMILES string of the molecule is CCc1cccc([C-](CC)CC)c1CC.[CH2-]c1ccccc1.[CH2-]c1ccccc1.[Zr+4].c1cc[cH-]c1. The van der Waals surface area contributed by atoms with Crippen LogP contribution in [-0.2, 0) is 39.0 Å². The molecular formula is C34H42Zr. The molecule has 4 aromatic carbocycles. The van der Waals surface area contributed by atoms with Crippen LogP contribution in [0.2, 0.25) is 0 Å². The van der Waals surface area contributed by atoms with Crippen molar-refractivity contribution in [2.75, 3.05) is 0 Å². The molecule has 4 rings (SSSR count). The summed E-state index contributed by atoms with van der Waals surface area (Å²) in [7, 11) is 0. The Labute approximate surface area is 235 Å². The zero-order chi connectivity index (χ0) is 25.0. The summed E-state index contributed by atoms with van der Waals surface area (Å²) in [6.45, 7) is 16.5. The van der Waals surface area contributed by atoms with Crippen molar-refractivity contribution in [1.82, 2.24) is 0 Å². The Bertz CT molecular complexity index is 897. The quantitative estimate of drug-likeness (QED) is 0.221. The van der Waals surface area contributed by atoms with Gasteiger partial charge in [-0.25, -0.2) is 12.1 Å². The third-order valence-electron chi connectivity index (χ3n) is 5.48. The van der Waals surface area contributed by atoms with Gasteiger partial charge in [-0.05, 0) is 6.42 Å². The van der Waals surface area contributed by atoms with Crippen LogP contribution in [0.15, 0.2) is 109 Å². The molecule has 0 heterocycles. The van der Waals surface area contributed by atoms with Crippen LogP contribution in [0.1, 0.15) is 68.4 Å². The minimum Gasteiger partial charge on any atom is -0.214 e. The van der Waals surface area contributed by atoms with Gasteiger partial charge in [-0.2, -0.15) is 85.0 Å². The van der Waals surface area contributed by atoms with Gasteiger partial charge in [-0.15, -0.1) is 41.5 Å². The number of hydrogen-bond donors (Lipinski definition) is 0. The zero-order valence-electron chi connectivity index (χ0n) is 22.1. The summed E-state index contributed by atoms with van der Waals surface area (Å²) in [6, 6.07) is 36.5. The van der Waals surface area contributed by atoms with E-state index in [4.69, 9.17) is 0 Å². The smallest absolute Gasteiger partial charge is 0.214 e. The minimum atomic E-state index is 0. The molecule has 0 aliphatic carbocycles. The maximum atomic E-state index is 3.72. The van der Waals surface area contributed by atoms with E-state index < -0.39 is 0 Å². The second-order valence-electron chi connectivity index (χ2n) is 7.89. The van der Waals surface area contributed by atoms with Crippen LogP contribution in [0.3, 0.4) is 0 Å². The van der Waals surface area contributed by atoms with Gasteiger partial charge in [0.05, 0.1) is 0 Å². The Kier molecular flexibility index (Phi) is 19.4. The summed E-state index contributed by atoms with van der Waals surface area (Å²) in [4.78, 5) is 0. The minimum absolute atomic E-state index is 0. The molecule has 0 atom stereocenters. The van der Waals surface area contributed by atoms with Crippen LogP contribution in [-0.4, -0.2) is 0 Å². The van der Waals surface area contributed by atoms with Crippen molar-refractivity contribution in [3.05, 3.63) is 157 Å². The average molecular weight is 542 g/mol. The molecule has 0 aliphatic rings. The molecule has 0 spiro atoms. The predicted molar refractivity (Wildman–Crippen MR) is 152 cm³/mol. The molecule has 0 amide bonds. The number of aryl methyl sites for hydroxylation is 1. The van der Waals surface area contributed by atoms with E-state index >= 15 is 0 Å². The van der Waals surface area contributed by atoms with Gasteiger partial charge in [0.2, 0.25) is 0 Å². The van der Waals surface area contributed by atoms with E-state index in [1.54, 1.807) is 11.5 Å². The molecule has 0 aliphatic heterocycles. The standard InChI is InChI=1S/C15H23.2C7H7.C5H5.Zr/c1-5-12(6-2)15-11-9-10-13(7-3)14(15)8-4;2*1-7-5-3-2-4-6-7;1-2-4-5-3-1;/h9-11H,5-8H2,1-4H3;2*2-6H,1H2;1-5H;/q4*-1;+4. The third-order valence-corrected chi connectivity index (χ3v) is 5.48. The summed E-state index contributed by atoms with van der Waals surface area (Å²) in [6.07, 6.45) is 4.66. The summed E-state index contributed by atoms with van der Waals surface area (Å²) < 4.78 is 0. The second-order valence-corrected chi connectivity index (χ2v) is 7.89. The molecule has 35 heavy (non-hydrogen) atoms. The molecule has 0 fully saturated rings. The van der Waals surface area contributed by atoms with Gasteiger partial charge in [0.15, 0.2) is 0 Å². The zero-order valence-corrected chi connectivity index (χ0v) is 24.6. The molecule has 0 saturated heterocycles. The van der Waals surface area contributed by atoms with Gasteiger partial charge in [0, 0.05) is 0 Å². The number of rotatable bonds is 5. The molecule has 4 aromatic rings. The van der Waals surface area contributed by atoms with E-state index in [0.717, 1.165) is 24.0 Å². The van der Waals surface area contributed by atoms with E-state index in [1.165, 1.54) is 24.0 Å². The molecule has 0 N–H and O–H groups in total. The Morgan fingerprint density at radius 1 is 0.600 bits per heavy atom. The van der Waals surface area contributed by atoms with E-state index in [-0.39, 0.29) is 26.2 Å². The van der Waals surface area contributed by atoms with Crippen molar-refractivity contribution >= 4 is 0 Å². The molecule has 1 heteroatoms. The van der Waals surface area contributed by atoms with Crippen molar-refractivity contribution in [3.8, 4) is 0 Å². The third kappa shape index (κ3) is 13.8. The van der Waals surface area contributed by atoms with Crippen LogP contribution in [0.4, 0.5) is 0 Å². The van der Waals surface area contributed by atoms with Crippen LogP contribution in [0.5, 0.6) is 0 Å². The van der Waals surface area contributed by atoms with Gasteiger partial charge < -0.3 is 0 Å². The molecule has 0 bridgehead atoms. The molecule has 0 unspecified atom stereocenters. The molecule has 182 valence electrons. The fourth-order valence-electron chi connectivity index (χ4n) is 3.62. The maximum Gasteiger partial charge on any atom is 4.00 e. The summed E-state index contributed by atoms with van der Waals surface area (Å²) in [5, 5.41) is 0. The summed E-state index contributed by atoms with van der Waals surface area (Å²) >= 11 is 0. The molecular weight excluding hydrogens is 500 g/mol. The first kappa shape index (κ1) is 32.5. The van der Waals surface area contributed by atoms with Crippen molar-refractivity contribution in [1.29, 1.82) is 0 Å². The van der Waals surface area contributed by atoms with Crippen molar-refractivity contribution in [2.24, 2.45) is 0 Å². The normalized spacial score (nSPS) is 9.03. The van der Waals surface area contributed by atoms with Gasteiger partial charge in [-0.3, -0.25) is 0 Å². The van der Waals surface area contributed by atoms with Crippen molar-refractivity contribution in [3.63, 3.8) is 0 Å². The van der Waals surface area contributed by atoms with Crippen molar-refractivity contribution in [2.45, 2.75) is 53.4 Å². The Hall–Kier alpha value is -2.50. The van der Waals surface area contributed by atoms with Gasteiger partial charge in [0.1, 0.15) is 0 Å². The van der Waals surface area contributed by atoms with Crippen LogP contribution in [0, 0.1) is 19.8 Å². The fourth-order valence-corrected chi connectivity index (χ4v) is 3.62. The summed E-state index contributed by atoms with van der Waals surface area (Å²) in [5.41, 5.74) is 6.75. The maximum absolute atomic E-state index is 3.72. The number of hydrogen-bond acceptors (Lipinski definition) is 0. The Balaban J connectivity index is 0.000000482.